The lowest BCUT2D eigenvalue weighted by Crippen LogP contribution is -2.38. The molecule has 0 unspecified atom stereocenters. The molecule has 1 aromatic carbocycles. The number of H-pyrrole nitrogens is 1. The van der Waals surface area contributed by atoms with E-state index in [4.69, 9.17) is 10.5 Å². The minimum atomic E-state index is -0.543. The molecule has 1 heterocycles. The smallest absolute Gasteiger partial charge is 0.237 e. The van der Waals surface area contributed by atoms with Gasteiger partial charge in [-0.25, -0.2) is 4.98 Å². The molecule has 0 radical (unpaired) electrons. The molecule has 7 heteroatoms. The molecule has 4 N–H and O–H groups in total. The normalized spacial score (nSPS) is 11.9. The van der Waals surface area contributed by atoms with Crippen molar-refractivity contribution >= 4 is 5.91 Å². The molecule has 106 valence electrons. The zero-order valence-corrected chi connectivity index (χ0v) is 11.4. The van der Waals surface area contributed by atoms with Gasteiger partial charge in [0.25, 0.3) is 0 Å². The zero-order chi connectivity index (χ0) is 14.5. The van der Waals surface area contributed by atoms with Gasteiger partial charge < -0.3 is 15.8 Å². The van der Waals surface area contributed by atoms with E-state index >= 15 is 0 Å². The molecule has 2 aromatic rings. The maximum Gasteiger partial charge on any atom is 0.237 e. The Kier molecular flexibility index (Phi) is 4.31. The van der Waals surface area contributed by atoms with Crippen molar-refractivity contribution in [2.24, 2.45) is 5.73 Å². The maximum absolute atomic E-state index is 11.4. The second-order valence-electron chi connectivity index (χ2n) is 4.34. The van der Waals surface area contributed by atoms with Crippen LogP contribution in [0.25, 0.3) is 11.4 Å². The van der Waals surface area contributed by atoms with Crippen molar-refractivity contribution in [1.29, 1.82) is 0 Å². The first kappa shape index (κ1) is 14.0. The molecule has 0 aliphatic rings. The number of nitrogens with zero attached hydrogens (tertiary/aromatic N) is 2. The lowest BCUT2D eigenvalue weighted by molar-refractivity contribution is -0.122. The van der Waals surface area contributed by atoms with E-state index in [1.54, 1.807) is 14.0 Å². The molecule has 1 atom stereocenters. The number of ether oxygens (including phenoxy) is 1. The van der Waals surface area contributed by atoms with E-state index in [1.165, 1.54) is 0 Å². The van der Waals surface area contributed by atoms with Crippen molar-refractivity contribution in [3.05, 3.63) is 30.1 Å². The Balaban J connectivity index is 2.02. The number of nitrogens with one attached hydrogen (secondary N) is 2. The molecular weight excluding hydrogens is 258 g/mol. The molecule has 1 amide bonds. The third-order valence-corrected chi connectivity index (χ3v) is 2.72. The largest absolute Gasteiger partial charge is 0.497 e. The van der Waals surface area contributed by atoms with Gasteiger partial charge in [0.2, 0.25) is 5.91 Å². The van der Waals surface area contributed by atoms with Crippen LogP contribution in [0.5, 0.6) is 5.75 Å². The Morgan fingerprint density at radius 1 is 1.45 bits per heavy atom. The quantitative estimate of drug-likeness (QED) is 0.734. The van der Waals surface area contributed by atoms with Crippen molar-refractivity contribution in [2.45, 2.75) is 19.5 Å². The number of aromatic nitrogens is 3. The van der Waals surface area contributed by atoms with Crippen LogP contribution in [0.1, 0.15) is 12.7 Å². The minimum Gasteiger partial charge on any atom is -0.497 e. The van der Waals surface area contributed by atoms with E-state index in [-0.39, 0.29) is 12.5 Å². The summed E-state index contributed by atoms with van der Waals surface area (Å²) in [6.07, 6.45) is 0. The summed E-state index contributed by atoms with van der Waals surface area (Å²) in [5, 5.41) is 9.55. The molecule has 0 spiro atoms. The number of carbonyl (C=O) groups is 1. The highest BCUT2D eigenvalue weighted by atomic mass is 16.5. The van der Waals surface area contributed by atoms with E-state index in [0.717, 1.165) is 11.3 Å². The average molecular weight is 275 g/mol. The van der Waals surface area contributed by atoms with E-state index < -0.39 is 6.04 Å². The van der Waals surface area contributed by atoms with Gasteiger partial charge in [-0.1, -0.05) is 0 Å². The first-order chi connectivity index (χ1) is 9.60. The summed E-state index contributed by atoms with van der Waals surface area (Å²) in [4.78, 5) is 15.7. The Labute approximate surface area is 116 Å². The van der Waals surface area contributed by atoms with Gasteiger partial charge in [0.1, 0.15) is 11.6 Å². The van der Waals surface area contributed by atoms with Crippen molar-refractivity contribution in [3.8, 4) is 17.1 Å². The van der Waals surface area contributed by atoms with Gasteiger partial charge >= 0.3 is 0 Å². The highest BCUT2D eigenvalue weighted by Crippen LogP contribution is 2.18. The summed E-state index contributed by atoms with van der Waals surface area (Å²) in [5.74, 6) is 1.68. The van der Waals surface area contributed by atoms with Gasteiger partial charge in [-0.3, -0.25) is 9.89 Å². The number of benzene rings is 1. The molecule has 2 rings (SSSR count). The van der Waals surface area contributed by atoms with Gasteiger partial charge in [-0.2, -0.15) is 5.10 Å². The van der Waals surface area contributed by atoms with Crippen LogP contribution in [-0.4, -0.2) is 34.2 Å². The SMILES string of the molecule is COc1ccc(-c2n[nH]c(CNC(=O)[C@H](C)N)n2)cc1. The molecule has 7 nitrogen and oxygen atoms in total. The summed E-state index contributed by atoms with van der Waals surface area (Å²) in [7, 11) is 1.61. The van der Waals surface area contributed by atoms with Crippen LogP contribution in [-0.2, 0) is 11.3 Å². The van der Waals surface area contributed by atoms with Crippen molar-refractivity contribution in [2.75, 3.05) is 7.11 Å². The fraction of sp³-hybridized carbons (Fsp3) is 0.308. The number of carbonyl (C=O) groups excluding carboxylic acids is 1. The molecule has 0 aliphatic heterocycles. The van der Waals surface area contributed by atoms with Crippen LogP contribution in [0.15, 0.2) is 24.3 Å². The van der Waals surface area contributed by atoms with Crippen LogP contribution in [0.3, 0.4) is 0 Å². The fourth-order valence-electron chi connectivity index (χ4n) is 1.58. The summed E-state index contributed by atoms with van der Waals surface area (Å²) >= 11 is 0. The molecule has 0 aliphatic carbocycles. The monoisotopic (exact) mass is 275 g/mol. The topological polar surface area (TPSA) is 106 Å². The number of rotatable bonds is 5. The van der Waals surface area contributed by atoms with Crippen molar-refractivity contribution < 1.29 is 9.53 Å². The van der Waals surface area contributed by atoms with E-state index in [1.807, 2.05) is 24.3 Å². The van der Waals surface area contributed by atoms with Gasteiger partial charge in [-0.05, 0) is 31.2 Å². The van der Waals surface area contributed by atoms with Crippen LogP contribution in [0.4, 0.5) is 0 Å². The number of hydrogen-bond acceptors (Lipinski definition) is 5. The zero-order valence-electron chi connectivity index (χ0n) is 11.4. The van der Waals surface area contributed by atoms with Gasteiger partial charge in [0.05, 0.1) is 19.7 Å². The third kappa shape index (κ3) is 3.33. The van der Waals surface area contributed by atoms with Gasteiger partial charge in [0.15, 0.2) is 5.82 Å². The highest BCUT2D eigenvalue weighted by Gasteiger charge is 2.09. The standard InChI is InChI=1S/C13H17N5O2/c1-8(14)13(19)15-7-11-16-12(18-17-11)9-3-5-10(20-2)6-4-9/h3-6,8H,7,14H2,1-2H3,(H,15,19)(H,16,17,18)/t8-/m0/s1. The van der Waals surface area contributed by atoms with Crippen LogP contribution < -0.4 is 15.8 Å². The summed E-state index contributed by atoms with van der Waals surface area (Å²) in [6.45, 7) is 1.89. The van der Waals surface area contributed by atoms with E-state index in [9.17, 15) is 4.79 Å². The Bertz CT molecular complexity index is 577. The maximum atomic E-state index is 11.4. The van der Waals surface area contributed by atoms with E-state index in [2.05, 4.69) is 20.5 Å². The lowest BCUT2D eigenvalue weighted by Gasteiger charge is -2.04. The summed E-state index contributed by atoms with van der Waals surface area (Å²) in [6, 6.07) is 6.87. The fourth-order valence-corrected chi connectivity index (χ4v) is 1.58. The second kappa shape index (κ2) is 6.16. The van der Waals surface area contributed by atoms with Crippen LogP contribution >= 0.6 is 0 Å². The Morgan fingerprint density at radius 2 is 2.15 bits per heavy atom. The number of nitrogens with two attached hydrogens (primary N) is 1. The van der Waals surface area contributed by atoms with Gasteiger partial charge in [0, 0.05) is 5.56 Å². The van der Waals surface area contributed by atoms with Crippen molar-refractivity contribution in [1.82, 2.24) is 20.5 Å². The summed E-state index contributed by atoms with van der Waals surface area (Å²) < 4.78 is 5.09. The number of hydrogen-bond donors (Lipinski definition) is 3. The second-order valence-corrected chi connectivity index (χ2v) is 4.34. The minimum absolute atomic E-state index is 0.229. The molecular formula is C13H17N5O2. The Hall–Kier alpha value is -2.41. The molecule has 1 aromatic heterocycles. The predicted octanol–water partition coefficient (Wildman–Crippen LogP) is 0.444. The number of amides is 1. The third-order valence-electron chi connectivity index (χ3n) is 2.72. The molecule has 0 saturated heterocycles. The lowest BCUT2D eigenvalue weighted by atomic mass is 10.2. The first-order valence-electron chi connectivity index (χ1n) is 6.19. The number of aromatic amines is 1. The molecule has 0 bridgehead atoms. The molecule has 20 heavy (non-hydrogen) atoms. The average Bonchev–Trinajstić information content (AvgIpc) is 2.93. The predicted molar refractivity (Wildman–Crippen MR) is 73.9 cm³/mol. The van der Waals surface area contributed by atoms with Crippen molar-refractivity contribution in [3.63, 3.8) is 0 Å². The van der Waals surface area contributed by atoms with E-state index in [0.29, 0.717) is 11.6 Å². The Morgan fingerprint density at radius 3 is 2.75 bits per heavy atom. The number of methoxy groups -OCH3 is 1. The molecule has 0 saturated carbocycles. The van der Waals surface area contributed by atoms with Crippen LogP contribution in [0.2, 0.25) is 0 Å². The van der Waals surface area contributed by atoms with Gasteiger partial charge in [-0.15, -0.1) is 0 Å². The highest BCUT2D eigenvalue weighted by molar-refractivity contribution is 5.80. The van der Waals surface area contributed by atoms with Crippen LogP contribution in [0, 0.1) is 0 Å². The first-order valence-corrected chi connectivity index (χ1v) is 6.19. The summed E-state index contributed by atoms with van der Waals surface area (Å²) in [5.41, 5.74) is 6.32. The molecule has 0 fully saturated rings.